The minimum atomic E-state index is -0.628. The highest BCUT2D eigenvalue weighted by Gasteiger charge is 2.10. The molecule has 0 saturated carbocycles. The number of nitrogens with one attached hydrogen (secondary N) is 1. The molecule has 1 aromatic carbocycles. The van der Waals surface area contributed by atoms with Gasteiger partial charge in [0.2, 0.25) is 5.95 Å². The Bertz CT molecular complexity index is 604. The van der Waals surface area contributed by atoms with E-state index in [0.29, 0.717) is 15.7 Å². The van der Waals surface area contributed by atoms with Crippen molar-refractivity contribution in [3.63, 3.8) is 0 Å². The molecule has 7 heteroatoms. The van der Waals surface area contributed by atoms with Gasteiger partial charge in [-0.25, -0.2) is 9.37 Å². The molecule has 3 N–H and O–H groups in total. The lowest BCUT2D eigenvalue weighted by molar-refractivity contribution is 0.620. The normalized spacial score (nSPS) is 10.4. The Balaban J connectivity index is 2.40. The third kappa shape index (κ3) is 2.63. The van der Waals surface area contributed by atoms with E-state index in [0.717, 1.165) is 11.8 Å². The van der Waals surface area contributed by atoms with E-state index in [1.165, 1.54) is 0 Å². The van der Waals surface area contributed by atoms with Crippen LogP contribution in [-0.2, 0) is 0 Å². The van der Waals surface area contributed by atoms with Gasteiger partial charge in [0.15, 0.2) is 11.6 Å². The second kappa shape index (κ2) is 4.96. The largest absolute Gasteiger partial charge is 0.368 e. The third-order valence-electron chi connectivity index (χ3n) is 2.26. The van der Waals surface area contributed by atoms with Gasteiger partial charge in [-0.3, -0.25) is 0 Å². The molecule has 0 unspecified atom stereocenters. The van der Waals surface area contributed by atoms with Crippen LogP contribution in [0.1, 0.15) is 5.56 Å². The molecule has 18 heavy (non-hydrogen) atoms. The highest BCUT2D eigenvalue weighted by Crippen LogP contribution is 2.31. The van der Waals surface area contributed by atoms with Gasteiger partial charge in [-0.15, -0.1) is 0 Å². The quantitative estimate of drug-likeness (QED) is 0.886. The van der Waals surface area contributed by atoms with E-state index in [2.05, 4.69) is 15.3 Å². The molecular formula is C11H9Cl2FN4. The Kier molecular flexibility index (Phi) is 3.54. The Morgan fingerprint density at radius 3 is 2.72 bits per heavy atom. The fourth-order valence-electron chi connectivity index (χ4n) is 1.34. The van der Waals surface area contributed by atoms with Crippen LogP contribution >= 0.6 is 23.2 Å². The predicted octanol–water partition coefficient (Wildman–Crippen LogP) is 3.56. The van der Waals surface area contributed by atoms with Crippen LogP contribution in [0.2, 0.25) is 10.0 Å². The number of hydrogen-bond donors (Lipinski definition) is 2. The number of halogens is 3. The summed E-state index contributed by atoms with van der Waals surface area (Å²) in [7, 11) is 0. The van der Waals surface area contributed by atoms with Gasteiger partial charge in [0.25, 0.3) is 0 Å². The molecular weight excluding hydrogens is 278 g/mol. The van der Waals surface area contributed by atoms with Gasteiger partial charge in [0.05, 0.1) is 16.9 Å². The van der Waals surface area contributed by atoms with Crippen molar-refractivity contribution in [3.8, 4) is 0 Å². The number of nitrogens with two attached hydrogens (primary N) is 1. The summed E-state index contributed by atoms with van der Waals surface area (Å²) in [6.07, 6.45) is 0.981. The second-order valence-electron chi connectivity index (χ2n) is 3.63. The van der Waals surface area contributed by atoms with Crippen LogP contribution in [0.3, 0.4) is 0 Å². The first-order valence-electron chi connectivity index (χ1n) is 4.98. The minimum absolute atomic E-state index is 0.0340. The maximum absolute atomic E-state index is 13.4. The zero-order chi connectivity index (χ0) is 13.3. The monoisotopic (exact) mass is 286 g/mol. The average molecular weight is 287 g/mol. The molecule has 1 heterocycles. The number of nitrogens with zero attached hydrogens (tertiary/aromatic N) is 2. The van der Waals surface area contributed by atoms with Crippen molar-refractivity contribution >= 4 is 40.7 Å². The molecule has 94 valence electrons. The lowest BCUT2D eigenvalue weighted by atomic mass is 10.2. The molecule has 0 amide bonds. The predicted molar refractivity (Wildman–Crippen MR) is 70.9 cm³/mol. The average Bonchev–Trinajstić information content (AvgIpc) is 2.30. The molecule has 2 aromatic rings. The maximum atomic E-state index is 13.4. The number of nitrogen functional groups attached to an aromatic ring is 1. The fourth-order valence-corrected chi connectivity index (χ4v) is 1.77. The van der Waals surface area contributed by atoms with E-state index in [4.69, 9.17) is 28.9 Å². The third-order valence-corrected chi connectivity index (χ3v) is 2.98. The van der Waals surface area contributed by atoms with Crippen molar-refractivity contribution in [2.24, 2.45) is 0 Å². The van der Waals surface area contributed by atoms with Gasteiger partial charge in [-0.2, -0.15) is 4.98 Å². The zero-order valence-electron chi connectivity index (χ0n) is 9.34. The van der Waals surface area contributed by atoms with Gasteiger partial charge >= 0.3 is 0 Å². The van der Waals surface area contributed by atoms with Crippen molar-refractivity contribution in [2.75, 3.05) is 11.1 Å². The molecule has 4 nitrogen and oxygen atoms in total. The van der Waals surface area contributed by atoms with Crippen LogP contribution < -0.4 is 11.1 Å². The Hall–Kier alpha value is -1.59. The summed E-state index contributed by atoms with van der Waals surface area (Å²) in [4.78, 5) is 7.27. The van der Waals surface area contributed by atoms with Gasteiger partial charge in [-0.05, 0) is 24.6 Å². The van der Waals surface area contributed by atoms with Crippen LogP contribution in [0.25, 0.3) is 0 Å². The van der Waals surface area contributed by atoms with E-state index in [9.17, 15) is 4.39 Å². The summed E-state index contributed by atoms with van der Waals surface area (Å²) in [6, 6.07) is 3.27. The van der Waals surface area contributed by atoms with E-state index in [1.54, 1.807) is 12.1 Å². The fraction of sp³-hybridized carbons (Fsp3) is 0.0909. The smallest absolute Gasteiger partial charge is 0.222 e. The lowest BCUT2D eigenvalue weighted by Gasteiger charge is -2.10. The molecule has 0 aliphatic heterocycles. The lowest BCUT2D eigenvalue weighted by Crippen LogP contribution is -2.03. The Morgan fingerprint density at radius 2 is 2.00 bits per heavy atom. The minimum Gasteiger partial charge on any atom is -0.368 e. The van der Waals surface area contributed by atoms with Crippen molar-refractivity contribution in [1.82, 2.24) is 9.97 Å². The van der Waals surface area contributed by atoms with E-state index in [-0.39, 0.29) is 11.8 Å². The van der Waals surface area contributed by atoms with Crippen LogP contribution in [0.15, 0.2) is 18.3 Å². The van der Waals surface area contributed by atoms with Gasteiger partial charge in [-0.1, -0.05) is 23.2 Å². The summed E-state index contributed by atoms with van der Waals surface area (Å²) < 4.78 is 13.4. The molecule has 0 atom stereocenters. The van der Waals surface area contributed by atoms with Crippen molar-refractivity contribution in [2.45, 2.75) is 6.92 Å². The summed E-state index contributed by atoms with van der Waals surface area (Å²) in [6.45, 7) is 1.82. The molecule has 0 saturated heterocycles. The van der Waals surface area contributed by atoms with Crippen LogP contribution in [0, 0.1) is 12.7 Å². The Morgan fingerprint density at radius 1 is 1.28 bits per heavy atom. The highest BCUT2D eigenvalue weighted by molar-refractivity contribution is 6.35. The first-order valence-corrected chi connectivity index (χ1v) is 5.73. The van der Waals surface area contributed by atoms with E-state index in [1.807, 2.05) is 6.92 Å². The van der Waals surface area contributed by atoms with Crippen molar-refractivity contribution < 1.29 is 4.39 Å². The molecule has 2 rings (SSSR count). The molecule has 0 fully saturated rings. The summed E-state index contributed by atoms with van der Waals surface area (Å²) >= 11 is 12.0. The number of aryl methyl sites for hydroxylation is 1. The number of anilines is 3. The summed E-state index contributed by atoms with van der Waals surface area (Å²) in [5, 5.41) is 3.66. The summed E-state index contributed by atoms with van der Waals surface area (Å²) in [5.41, 5.74) is 6.66. The standard InChI is InChI=1S/C11H9Cl2FN4/c1-5-2-7(13)9(3-6(5)12)17-10-8(14)4-16-11(15)18-10/h2-4H,1H3,(H3,15,16,17,18). The molecule has 1 aromatic heterocycles. The SMILES string of the molecule is Cc1cc(Cl)c(Nc2nc(N)ncc2F)cc1Cl. The topological polar surface area (TPSA) is 63.8 Å². The number of benzene rings is 1. The second-order valence-corrected chi connectivity index (χ2v) is 4.45. The summed E-state index contributed by atoms with van der Waals surface area (Å²) in [5.74, 6) is -0.713. The maximum Gasteiger partial charge on any atom is 0.222 e. The number of hydrogen-bond acceptors (Lipinski definition) is 4. The van der Waals surface area contributed by atoms with Crippen LogP contribution in [0.4, 0.5) is 21.8 Å². The van der Waals surface area contributed by atoms with Crippen molar-refractivity contribution in [1.29, 1.82) is 0 Å². The first kappa shape index (κ1) is 12.9. The van der Waals surface area contributed by atoms with Gasteiger partial charge in [0, 0.05) is 5.02 Å². The van der Waals surface area contributed by atoms with Gasteiger partial charge in [0.1, 0.15) is 0 Å². The van der Waals surface area contributed by atoms with E-state index < -0.39 is 5.82 Å². The molecule has 0 aliphatic rings. The Labute approximate surface area is 113 Å². The highest BCUT2D eigenvalue weighted by atomic mass is 35.5. The van der Waals surface area contributed by atoms with Crippen LogP contribution in [0.5, 0.6) is 0 Å². The van der Waals surface area contributed by atoms with Crippen LogP contribution in [-0.4, -0.2) is 9.97 Å². The molecule has 0 aliphatic carbocycles. The number of aromatic nitrogens is 2. The molecule has 0 bridgehead atoms. The molecule has 0 radical (unpaired) electrons. The van der Waals surface area contributed by atoms with Crippen molar-refractivity contribution in [3.05, 3.63) is 39.8 Å². The molecule has 0 spiro atoms. The zero-order valence-corrected chi connectivity index (χ0v) is 10.8. The first-order chi connectivity index (χ1) is 8.47. The van der Waals surface area contributed by atoms with Gasteiger partial charge < -0.3 is 11.1 Å². The number of rotatable bonds is 2. The van der Waals surface area contributed by atoms with E-state index >= 15 is 0 Å².